The molecule has 0 saturated carbocycles. The van der Waals surface area contributed by atoms with Gasteiger partial charge in [0.25, 0.3) is 0 Å². The standard InChI is InChI=1S/C17H19N3OS2/c1-4-13-15(12-8-6-5-7-9-12)20(17(21)22-13)10-14-18-16(11(2)3)19-23-14/h5-9,11H,4,10H2,1-3H3. The van der Waals surface area contributed by atoms with Crippen molar-refractivity contribution in [1.82, 2.24) is 13.9 Å². The normalized spacial score (nSPS) is 11.3. The second-order valence-corrected chi connectivity index (χ2v) is 7.53. The van der Waals surface area contributed by atoms with Crippen molar-refractivity contribution >= 4 is 22.9 Å². The van der Waals surface area contributed by atoms with Crippen LogP contribution in [0.1, 0.15) is 42.4 Å². The van der Waals surface area contributed by atoms with E-state index in [2.05, 4.69) is 42.3 Å². The van der Waals surface area contributed by atoms with Gasteiger partial charge in [0.2, 0.25) is 0 Å². The molecule has 23 heavy (non-hydrogen) atoms. The highest BCUT2D eigenvalue weighted by Gasteiger charge is 2.17. The van der Waals surface area contributed by atoms with Gasteiger partial charge in [0.15, 0.2) is 0 Å². The Morgan fingerprint density at radius 1 is 1.22 bits per heavy atom. The minimum atomic E-state index is 0.0713. The quantitative estimate of drug-likeness (QED) is 0.697. The summed E-state index contributed by atoms with van der Waals surface area (Å²) >= 11 is 2.72. The van der Waals surface area contributed by atoms with Crippen LogP contribution in [-0.4, -0.2) is 13.9 Å². The summed E-state index contributed by atoms with van der Waals surface area (Å²) in [6, 6.07) is 10.1. The van der Waals surface area contributed by atoms with Crippen molar-refractivity contribution in [3.05, 3.63) is 55.7 Å². The van der Waals surface area contributed by atoms with E-state index >= 15 is 0 Å². The number of benzene rings is 1. The second kappa shape index (κ2) is 6.76. The van der Waals surface area contributed by atoms with E-state index in [1.165, 1.54) is 22.9 Å². The lowest BCUT2D eigenvalue weighted by molar-refractivity contribution is 0.752. The SMILES string of the molecule is CCc1sc(=O)n(Cc2nc(C(C)C)ns2)c1-c1ccccc1. The molecule has 2 heterocycles. The zero-order valence-electron chi connectivity index (χ0n) is 13.4. The lowest BCUT2D eigenvalue weighted by atomic mass is 10.1. The molecule has 0 fully saturated rings. The predicted molar refractivity (Wildman–Crippen MR) is 96.5 cm³/mol. The van der Waals surface area contributed by atoms with E-state index in [-0.39, 0.29) is 4.87 Å². The molecule has 0 radical (unpaired) electrons. The first-order valence-corrected chi connectivity index (χ1v) is 9.29. The minimum Gasteiger partial charge on any atom is -0.291 e. The maximum atomic E-state index is 12.5. The number of thiazole rings is 1. The average molecular weight is 345 g/mol. The first-order chi connectivity index (χ1) is 11.1. The van der Waals surface area contributed by atoms with Crippen molar-refractivity contribution in [3.8, 4) is 11.3 Å². The fourth-order valence-corrected chi connectivity index (χ4v) is 4.17. The highest BCUT2D eigenvalue weighted by molar-refractivity contribution is 7.09. The summed E-state index contributed by atoms with van der Waals surface area (Å²) in [6.45, 7) is 6.73. The van der Waals surface area contributed by atoms with Crippen molar-refractivity contribution in [2.45, 2.75) is 39.7 Å². The van der Waals surface area contributed by atoms with Crippen molar-refractivity contribution in [2.24, 2.45) is 0 Å². The van der Waals surface area contributed by atoms with Crippen LogP contribution >= 0.6 is 22.9 Å². The van der Waals surface area contributed by atoms with E-state index in [1.807, 2.05) is 22.8 Å². The van der Waals surface area contributed by atoms with Crippen LogP contribution in [0.4, 0.5) is 0 Å². The van der Waals surface area contributed by atoms with E-state index in [0.717, 1.165) is 33.4 Å². The molecule has 1 aromatic carbocycles. The first kappa shape index (κ1) is 16.1. The fourth-order valence-electron chi connectivity index (χ4n) is 2.45. The Morgan fingerprint density at radius 2 is 1.96 bits per heavy atom. The summed E-state index contributed by atoms with van der Waals surface area (Å²) in [7, 11) is 0. The van der Waals surface area contributed by atoms with Gasteiger partial charge >= 0.3 is 4.87 Å². The van der Waals surface area contributed by atoms with E-state index in [1.54, 1.807) is 0 Å². The molecule has 2 aromatic heterocycles. The number of rotatable bonds is 5. The highest BCUT2D eigenvalue weighted by atomic mass is 32.1. The van der Waals surface area contributed by atoms with Crippen LogP contribution in [0.25, 0.3) is 11.3 Å². The van der Waals surface area contributed by atoms with E-state index in [4.69, 9.17) is 0 Å². The first-order valence-electron chi connectivity index (χ1n) is 7.70. The molecule has 0 atom stereocenters. The Bertz CT molecular complexity index is 846. The summed E-state index contributed by atoms with van der Waals surface area (Å²) in [5.41, 5.74) is 2.10. The maximum absolute atomic E-state index is 12.5. The highest BCUT2D eigenvalue weighted by Crippen LogP contribution is 2.27. The van der Waals surface area contributed by atoms with Gasteiger partial charge in [-0.05, 0) is 23.5 Å². The molecule has 4 nitrogen and oxygen atoms in total. The fraction of sp³-hybridized carbons (Fsp3) is 0.353. The minimum absolute atomic E-state index is 0.0713. The lowest BCUT2D eigenvalue weighted by Gasteiger charge is -2.08. The third-order valence-corrected chi connectivity index (χ3v) is 5.46. The van der Waals surface area contributed by atoms with Gasteiger partial charge in [-0.15, -0.1) is 0 Å². The predicted octanol–water partition coefficient (Wildman–Crippen LogP) is 4.16. The van der Waals surface area contributed by atoms with E-state index in [0.29, 0.717) is 12.5 Å². The second-order valence-electron chi connectivity index (χ2n) is 5.65. The van der Waals surface area contributed by atoms with Crippen LogP contribution in [0, 0.1) is 0 Å². The van der Waals surface area contributed by atoms with Gasteiger partial charge in [0.1, 0.15) is 10.8 Å². The molecule has 120 valence electrons. The summed E-state index contributed by atoms with van der Waals surface area (Å²) in [5, 5.41) is 0.883. The monoisotopic (exact) mass is 345 g/mol. The van der Waals surface area contributed by atoms with Gasteiger partial charge in [-0.25, -0.2) is 4.98 Å². The molecule has 3 aromatic rings. The molecule has 0 N–H and O–H groups in total. The lowest BCUT2D eigenvalue weighted by Crippen LogP contribution is -2.15. The van der Waals surface area contributed by atoms with Crippen molar-refractivity contribution < 1.29 is 0 Å². The molecule has 0 amide bonds. The molecule has 0 saturated heterocycles. The average Bonchev–Trinajstić information content (AvgIpc) is 3.14. The molecular formula is C17H19N3OS2. The van der Waals surface area contributed by atoms with Crippen LogP contribution < -0.4 is 4.87 Å². The summed E-state index contributed by atoms with van der Waals surface area (Å²) in [6.07, 6.45) is 0.852. The Balaban J connectivity index is 2.04. The third kappa shape index (κ3) is 3.28. The van der Waals surface area contributed by atoms with Crippen molar-refractivity contribution in [3.63, 3.8) is 0 Å². The maximum Gasteiger partial charge on any atom is 0.308 e. The van der Waals surface area contributed by atoms with Crippen LogP contribution in [0.5, 0.6) is 0 Å². The van der Waals surface area contributed by atoms with E-state index < -0.39 is 0 Å². The largest absolute Gasteiger partial charge is 0.308 e. The van der Waals surface area contributed by atoms with Crippen LogP contribution in [-0.2, 0) is 13.0 Å². The number of aryl methyl sites for hydroxylation is 1. The Kier molecular flexibility index (Phi) is 4.73. The zero-order valence-corrected chi connectivity index (χ0v) is 15.1. The molecule has 6 heteroatoms. The Labute approximate surface area is 143 Å². The van der Waals surface area contributed by atoms with Gasteiger partial charge in [0.05, 0.1) is 12.2 Å². The number of hydrogen-bond acceptors (Lipinski definition) is 5. The van der Waals surface area contributed by atoms with Gasteiger partial charge in [0, 0.05) is 10.8 Å². The smallest absolute Gasteiger partial charge is 0.291 e. The summed E-state index contributed by atoms with van der Waals surface area (Å²) in [5.74, 6) is 1.16. The van der Waals surface area contributed by atoms with Crippen molar-refractivity contribution in [1.29, 1.82) is 0 Å². The molecule has 0 bridgehead atoms. The molecule has 0 spiro atoms. The summed E-state index contributed by atoms with van der Waals surface area (Å²) < 4.78 is 6.23. The van der Waals surface area contributed by atoms with Crippen LogP contribution in [0.15, 0.2) is 35.1 Å². The number of aromatic nitrogens is 3. The van der Waals surface area contributed by atoms with E-state index in [9.17, 15) is 4.79 Å². The van der Waals surface area contributed by atoms with Gasteiger partial charge < -0.3 is 0 Å². The molecule has 0 aliphatic rings. The molecule has 0 unspecified atom stereocenters. The van der Waals surface area contributed by atoms with Gasteiger partial charge in [-0.3, -0.25) is 9.36 Å². The molecular weight excluding hydrogens is 326 g/mol. The molecule has 0 aliphatic heterocycles. The van der Waals surface area contributed by atoms with Crippen LogP contribution in [0.3, 0.4) is 0 Å². The van der Waals surface area contributed by atoms with Gasteiger partial charge in [-0.2, -0.15) is 4.37 Å². The van der Waals surface area contributed by atoms with Crippen molar-refractivity contribution in [2.75, 3.05) is 0 Å². The third-order valence-electron chi connectivity index (χ3n) is 3.63. The topological polar surface area (TPSA) is 47.8 Å². The Hall–Kier alpha value is -1.79. The molecule has 3 rings (SSSR count). The van der Waals surface area contributed by atoms with Crippen LogP contribution in [0.2, 0.25) is 0 Å². The number of hydrogen-bond donors (Lipinski definition) is 0. The van der Waals surface area contributed by atoms with Gasteiger partial charge in [-0.1, -0.05) is 62.4 Å². The summed E-state index contributed by atoms with van der Waals surface area (Å²) in [4.78, 5) is 18.2. The Morgan fingerprint density at radius 3 is 2.57 bits per heavy atom. The molecule has 0 aliphatic carbocycles. The zero-order chi connectivity index (χ0) is 16.4. The number of nitrogens with zero attached hydrogens (tertiary/aromatic N) is 3.